The highest BCUT2D eigenvalue weighted by Crippen LogP contribution is 2.29. The lowest BCUT2D eigenvalue weighted by Crippen LogP contribution is -2.55. The van der Waals surface area contributed by atoms with Gasteiger partial charge in [0.1, 0.15) is 0 Å². The maximum Gasteiger partial charge on any atom is 0.225 e. The molecule has 4 nitrogen and oxygen atoms in total. The third kappa shape index (κ3) is 3.29. The van der Waals surface area contributed by atoms with Crippen molar-refractivity contribution in [3.8, 4) is 0 Å². The smallest absolute Gasteiger partial charge is 0.225 e. The molecule has 0 aromatic carbocycles. The molecule has 1 heterocycles. The summed E-state index contributed by atoms with van der Waals surface area (Å²) in [6, 6.07) is 0.728. The van der Waals surface area contributed by atoms with Gasteiger partial charge in [-0.15, -0.1) is 0 Å². The van der Waals surface area contributed by atoms with Crippen LogP contribution in [-0.4, -0.2) is 54.5 Å². The average Bonchev–Trinajstić information content (AvgIpc) is 2.41. The number of carbonyl (C=O) groups is 1. The molecule has 2 N–H and O–H groups in total. The largest absolute Gasteiger partial charge is 0.340 e. The van der Waals surface area contributed by atoms with Crippen LogP contribution in [0.5, 0.6) is 0 Å². The predicted molar refractivity (Wildman–Crippen MR) is 77.8 cm³/mol. The standard InChI is InChI=1S/C15H29N3O/c1-4-13-10-18(8-7-17(13)3)15(19)12-6-5-11(2)14(16)9-12/h11-14H,4-10,16H2,1-3H3. The summed E-state index contributed by atoms with van der Waals surface area (Å²) in [5.74, 6) is 1.10. The minimum Gasteiger partial charge on any atom is -0.340 e. The molecule has 2 aliphatic rings. The van der Waals surface area contributed by atoms with Gasteiger partial charge in [-0.3, -0.25) is 9.69 Å². The zero-order valence-corrected chi connectivity index (χ0v) is 12.6. The highest BCUT2D eigenvalue weighted by molar-refractivity contribution is 5.79. The number of likely N-dealkylation sites (N-methyl/N-ethyl adjacent to an activating group) is 1. The van der Waals surface area contributed by atoms with E-state index >= 15 is 0 Å². The molecule has 2 fully saturated rings. The van der Waals surface area contributed by atoms with Gasteiger partial charge in [0, 0.05) is 37.6 Å². The molecule has 4 atom stereocenters. The fourth-order valence-electron chi connectivity index (χ4n) is 3.43. The maximum atomic E-state index is 12.6. The van der Waals surface area contributed by atoms with E-state index in [-0.39, 0.29) is 12.0 Å². The second kappa shape index (κ2) is 6.23. The first-order valence-electron chi connectivity index (χ1n) is 7.77. The van der Waals surface area contributed by atoms with E-state index in [2.05, 4.69) is 30.7 Å². The minimum absolute atomic E-state index is 0.173. The van der Waals surface area contributed by atoms with Crippen molar-refractivity contribution in [1.29, 1.82) is 0 Å². The normalized spacial score (nSPS) is 37.4. The van der Waals surface area contributed by atoms with Gasteiger partial charge >= 0.3 is 0 Å². The van der Waals surface area contributed by atoms with Crippen LogP contribution in [0.3, 0.4) is 0 Å². The van der Waals surface area contributed by atoms with Gasteiger partial charge in [0.15, 0.2) is 0 Å². The second-order valence-corrected chi connectivity index (χ2v) is 6.48. The molecule has 0 aromatic heterocycles. The molecule has 0 aromatic rings. The molecular formula is C15H29N3O. The van der Waals surface area contributed by atoms with Crippen molar-refractivity contribution in [3.63, 3.8) is 0 Å². The number of hydrogen-bond donors (Lipinski definition) is 1. The van der Waals surface area contributed by atoms with Gasteiger partial charge in [-0.2, -0.15) is 0 Å². The summed E-state index contributed by atoms with van der Waals surface area (Å²) in [6.07, 6.45) is 4.12. The molecule has 19 heavy (non-hydrogen) atoms. The highest BCUT2D eigenvalue weighted by atomic mass is 16.2. The quantitative estimate of drug-likeness (QED) is 0.820. The van der Waals surface area contributed by atoms with E-state index in [1.54, 1.807) is 0 Å². The van der Waals surface area contributed by atoms with Crippen molar-refractivity contribution in [2.75, 3.05) is 26.7 Å². The molecule has 1 saturated heterocycles. The van der Waals surface area contributed by atoms with Crippen molar-refractivity contribution < 1.29 is 4.79 Å². The zero-order chi connectivity index (χ0) is 14.0. The van der Waals surface area contributed by atoms with E-state index in [4.69, 9.17) is 5.73 Å². The number of piperazine rings is 1. The van der Waals surface area contributed by atoms with E-state index in [1.165, 1.54) is 0 Å². The van der Waals surface area contributed by atoms with E-state index < -0.39 is 0 Å². The monoisotopic (exact) mass is 267 g/mol. The van der Waals surface area contributed by atoms with Gasteiger partial charge < -0.3 is 10.6 Å². The van der Waals surface area contributed by atoms with E-state index in [9.17, 15) is 4.79 Å². The van der Waals surface area contributed by atoms with Crippen molar-refractivity contribution in [3.05, 3.63) is 0 Å². The number of amides is 1. The fraction of sp³-hybridized carbons (Fsp3) is 0.933. The highest BCUT2D eigenvalue weighted by Gasteiger charge is 2.34. The number of rotatable bonds is 2. The summed E-state index contributed by atoms with van der Waals surface area (Å²) >= 11 is 0. The van der Waals surface area contributed by atoms with Crippen LogP contribution in [0, 0.1) is 11.8 Å². The summed E-state index contributed by atoms with van der Waals surface area (Å²) in [7, 11) is 2.16. The van der Waals surface area contributed by atoms with Crippen LogP contribution >= 0.6 is 0 Å². The van der Waals surface area contributed by atoms with Crippen LogP contribution in [0.4, 0.5) is 0 Å². The lowest BCUT2D eigenvalue weighted by Gasteiger charge is -2.41. The summed E-state index contributed by atoms with van der Waals surface area (Å²) < 4.78 is 0. The third-order valence-corrected chi connectivity index (χ3v) is 5.17. The summed E-state index contributed by atoms with van der Waals surface area (Å²) in [6.45, 7) is 7.18. The molecule has 0 radical (unpaired) electrons. The Labute approximate surface area is 117 Å². The van der Waals surface area contributed by atoms with Crippen LogP contribution in [0.1, 0.15) is 39.5 Å². The number of carbonyl (C=O) groups excluding carboxylic acids is 1. The minimum atomic E-state index is 0.173. The van der Waals surface area contributed by atoms with Crippen LogP contribution < -0.4 is 5.73 Å². The summed E-state index contributed by atoms with van der Waals surface area (Å²) in [5.41, 5.74) is 6.13. The lowest BCUT2D eigenvalue weighted by atomic mass is 9.79. The Kier molecular flexibility index (Phi) is 4.85. The summed E-state index contributed by atoms with van der Waals surface area (Å²) in [4.78, 5) is 17.1. The van der Waals surface area contributed by atoms with E-state index in [1.807, 2.05) is 0 Å². The first-order valence-corrected chi connectivity index (χ1v) is 7.77. The second-order valence-electron chi connectivity index (χ2n) is 6.48. The Hall–Kier alpha value is -0.610. The molecule has 4 heteroatoms. The van der Waals surface area contributed by atoms with Gasteiger partial charge in [-0.1, -0.05) is 13.8 Å². The Balaban J connectivity index is 1.93. The van der Waals surface area contributed by atoms with Crippen LogP contribution in [0.2, 0.25) is 0 Å². The number of nitrogens with zero attached hydrogens (tertiary/aromatic N) is 2. The molecule has 4 unspecified atom stereocenters. The molecule has 2 rings (SSSR count). The first-order chi connectivity index (χ1) is 9.02. The van der Waals surface area contributed by atoms with Crippen molar-refractivity contribution in [1.82, 2.24) is 9.80 Å². The van der Waals surface area contributed by atoms with Gasteiger partial charge in [-0.25, -0.2) is 0 Å². The summed E-state index contributed by atoms with van der Waals surface area (Å²) in [5, 5.41) is 0. The topological polar surface area (TPSA) is 49.6 Å². The molecule has 1 saturated carbocycles. The number of hydrogen-bond acceptors (Lipinski definition) is 3. The average molecular weight is 267 g/mol. The zero-order valence-electron chi connectivity index (χ0n) is 12.6. The Morgan fingerprint density at radius 2 is 2.05 bits per heavy atom. The van der Waals surface area contributed by atoms with Gasteiger partial charge in [0.25, 0.3) is 0 Å². The van der Waals surface area contributed by atoms with E-state index in [0.717, 1.165) is 45.3 Å². The van der Waals surface area contributed by atoms with Gasteiger partial charge in [0.05, 0.1) is 0 Å². The Morgan fingerprint density at radius 3 is 2.68 bits per heavy atom. The van der Waals surface area contributed by atoms with Gasteiger partial charge in [-0.05, 0) is 38.6 Å². The molecule has 110 valence electrons. The molecular weight excluding hydrogens is 238 g/mol. The molecule has 1 aliphatic carbocycles. The van der Waals surface area contributed by atoms with Crippen LogP contribution in [-0.2, 0) is 4.79 Å². The Bertz CT molecular complexity index is 321. The van der Waals surface area contributed by atoms with Gasteiger partial charge in [0.2, 0.25) is 5.91 Å². The van der Waals surface area contributed by atoms with E-state index in [0.29, 0.717) is 17.9 Å². The Morgan fingerprint density at radius 1 is 1.32 bits per heavy atom. The third-order valence-electron chi connectivity index (χ3n) is 5.17. The van der Waals surface area contributed by atoms with Crippen LogP contribution in [0.15, 0.2) is 0 Å². The molecule has 0 spiro atoms. The molecule has 0 bridgehead atoms. The van der Waals surface area contributed by atoms with Crippen molar-refractivity contribution in [2.24, 2.45) is 17.6 Å². The SMILES string of the molecule is CCC1CN(C(=O)C2CCC(C)C(N)C2)CCN1C. The van der Waals surface area contributed by atoms with Crippen molar-refractivity contribution >= 4 is 5.91 Å². The van der Waals surface area contributed by atoms with Crippen LogP contribution in [0.25, 0.3) is 0 Å². The number of nitrogens with two attached hydrogens (primary N) is 1. The lowest BCUT2D eigenvalue weighted by molar-refractivity contribution is -0.139. The molecule has 1 aliphatic heterocycles. The first kappa shape index (κ1) is 14.8. The van der Waals surface area contributed by atoms with Crippen molar-refractivity contribution in [2.45, 2.75) is 51.6 Å². The predicted octanol–water partition coefficient (Wildman–Crippen LogP) is 1.30. The molecule has 1 amide bonds. The fourth-order valence-corrected chi connectivity index (χ4v) is 3.43. The maximum absolute atomic E-state index is 12.6.